The Morgan fingerprint density at radius 2 is 2.28 bits per heavy atom. The fourth-order valence-electron chi connectivity index (χ4n) is 1.87. The van der Waals surface area contributed by atoms with E-state index in [9.17, 15) is 4.79 Å². The molecule has 0 spiro atoms. The molecule has 100 valence electrons. The first-order chi connectivity index (χ1) is 8.22. The summed E-state index contributed by atoms with van der Waals surface area (Å²) in [6.07, 6.45) is 10.3. The van der Waals surface area contributed by atoms with Gasteiger partial charge < -0.3 is 16.3 Å². The number of unbranched alkanes of at least 4 members (excludes halogenated alkanes) is 2. The molecule has 0 aromatic heterocycles. The van der Waals surface area contributed by atoms with Crippen LogP contribution in [0.15, 0.2) is 12.2 Å². The van der Waals surface area contributed by atoms with E-state index in [1.807, 2.05) is 0 Å². The molecule has 0 radical (unpaired) electrons. The quantitative estimate of drug-likeness (QED) is 0.316. The number of carbonyl (C=O) groups is 1. The van der Waals surface area contributed by atoms with Gasteiger partial charge in [-0.15, -0.1) is 0 Å². The Kier molecular flexibility index (Phi) is 11.0. The number of esters is 1. The van der Waals surface area contributed by atoms with Crippen LogP contribution in [0.25, 0.3) is 0 Å². The summed E-state index contributed by atoms with van der Waals surface area (Å²) in [7, 11) is 0. The van der Waals surface area contributed by atoms with E-state index in [0.717, 1.165) is 44.1 Å². The van der Waals surface area contributed by atoms with Crippen LogP contribution in [0.2, 0.25) is 0 Å². The first-order valence-electron chi connectivity index (χ1n) is 6.35. The van der Waals surface area contributed by atoms with Crippen LogP contribution >= 0.6 is 0 Å². The number of hydrogen-bond donors (Lipinski definition) is 1. The summed E-state index contributed by atoms with van der Waals surface area (Å²) >= 11 is 0. The molecule has 0 bridgehead atoms. The van der Waals surface area contributed by atoms with Gasteiger partial charge in [0.15, 0.2) is 0 Å². The Morgan fingerprint density at radius 1 is 1.50 bits per heavy atom. The second-order valence-corrected chi connectivity index (χ2v) is 4.45. The molecule has 18 heavy (non-hydrogen) atoms. The first kappa shape index (κ1) is 18.1. The molecular weight excluding hydrogens is 454 g/mol. The first-order valence-corrected chi connectivity index (χ1v) is 6.35. The van der Waals surface area contributed by atoms with Gasteiger partial charge in [-0.2, -0.15) is 12.8 Å². The smallest absolute Gasteiger partial charge is 0.462 e. The molecule has 4 heteroatoms. The molecule has 1 aliphatic heterocycles. The molecule has 0 amide bonds. The zero-order valence-corrected chi connectivity index (χ0v) is 15.0. The van der Waals surface area contributed by atoms with Crippen molar-refractivity contribution < 1.29 is 45.8 Å². The molecule has 0 aromatic carbocycles. The van der Waals surface area contributed by atoms with Crippen molar-refractivity contribution in [2.24, 2.45) is 0 Å². The topological polar surface area (TPSA) is 46.5 Å². The monoisotopic (exact) mass is 476 g/mol. The van der Waals surface area contributed by atoms with Crippen LogP contribution in [-0.4, -0.2) is 23.8 Å². The van der Waals surface area contributed by atoms with E-state index in [0.29, 0.717) is 6.42 Å². The van der Waals surface area contributed by atoms with E-state index < -0.39 is 0 Å². The van der Waals surface area contributed by atoms with Gasteiger partial charge in [0.05, 0.1) is 0 Å². The van der Waals surface area contributed by atoms with Crippen LogP contribution < -0.4 is 0 Å². The summed E-state index contributed by atoms with van der Waals surface area (Å²) in [6, 6.07) is 0. The van der Waals surface area contributed by atoms with Gasteiger partial charge in [-0.05, 0) is 12.8 Å². The Hall–Kier alpha value is 0.0919. The van der Waals surface area contributed by atoms with Crippen LogP contribution in [0.1, 0.15) is 44.9 Å². The summed E-state index contributed by atoms with van der Waals surface area (Å²) in [5.74, 6) is -0.0637. The van der Waals surface area contributed by atoms with Gasteiger partial charge in [-0.1, -0.05) is 12.8 Å². The standard InChI is InChI=1S/C14H22O3.U/c1-12(6-3-2-4-11-15)7-5-8-13-9-10-14(16)17-13;/h3,7,13,15H,1-2,4-6,8-11H2;/q-2;+2. The Labute approximate surface area is 134 Å². The molecule has 1 saturated heterocycles. The Bertz CT molecular complexity index is 253. The predicted octanol–water partition coefficient (Wildman–Crippen LogP) is 2.60. The van der Waals surface area contributed by atoms with Crippen LogP contribution in [0.3, 0.4) is 0 Å². The van der Waals surface area contributed by atoms with Crippen molar-refractivity contribution in [3.05, 3.63) is 25.0 Å². The minimum Gasteiger partial charge on any atom is -0.462 e. The maximum absolute atomic E-state index is 10.9. The molecule has 0 saturated carbocycles. The third-order valence-electron chi connectivity index (χ3n) is 2.86. The normalized spacial score (nSPS) is 18.1. The van der Waals surface area contributed by atoms with Crippen molar-refractivity contribution in [3.63, 3.8) is 0 Å². The SMILES string of the molecule is C=C([CH-]CCC1CCC(=O)O1)C[CH-]CCCO.[U+2]. The summed E-state index contributed by atoms with van der Waals surface area (Å²) in [4.78, 5) is 10.9. The number of aliphatic hydroxyl groups is 1. The van der Waals surface area contributed by atoms with Crippen molar-refractivity contribution >= 4 is 5.97 Å². The van der Waals surface area contributed by atoms with Crippen LogP contribution in [0, 0.1) is 44.0 Å². The van der Waals surface area contributed by atoms with Crippen LogP contribution in [0.4, 0.5) is 0 Å². The molecule has 1 N–H and O–H groups in total. The van der Waals surface area contributed by atoms with Crippen LogP contribution in [0.5, 0.6) is 0 Å². The zero-order valence-electron chi connectivity index (χ0n) is 10.9. The van der Waals surface area contributed by atoms with Crippen molar-refractivity contribution in [3.8, 4) is 0 Å². The third-order valence-corrected chi connectivity index (χ3v) is 2.86. The zero-order chi connectivity index (χ0) is 12.5. The van der Waals surface area contributed by atoms with Crippen molar-refractivity contribution in [2.75, 3.05) is 6.61 Å². The van der Waals surface area contributed by atoms with Gasteiger partial charge in [0.1, 0.15) is 6.10 Å². The van der Waals surface area contributed by atoms with E-state index in [1.165, 1.54) is 0 Å². The maximum atomic E-state index is 10.9. The van der Waals surface area contributed by atoms with Crippen molar-refractivity contribution in [1.29, 1.82) is 0 Å². The average Bonchev–Trinajstić information content (AvgIpc) is 2.71. The van der Waals surface area contributed by atoms with Crippen molar-refractivity contribution in [1.82, 2.24) is 0 Å². The maximum Gasteiger partial charge on any atom is 2.00 e. The molecule has 1 fully saturated rings. The molecule has 0 aliphatic carbocycles. The second-order valence-electron chi connectivity index (χ2n) is 4.45. The molecular formula is C14H22O3U. The van der Waals surface area contributed by atoms with Gasteiger partial charge in [-0.3, -0.25) is 4.79 Å². The molecule has 1 aliphatic rings. The molecule has 1 rings (SSSR count). The van der Waals surface area contributed by atoms with E-state index in [-0.39, 0.29) is 49.8 Å². The van der Waals surface area contributed by atoms with Crippen LogP contribution in [-0.2, 0) is 9.53 Å². The average molecular weight is 476 g/mol. The Balaban J connectivity index is 0.00000289. The number of cyclic esters (lactones) is 1. The van der Waals surface area contributed by atoms with Gasteiger partial charge >= 0.3 is 37.1 Å². The van der Waals surface area contributed by atoms with E-state index in [1.54, 1.807) is 0 Å². The predicted molar refractivity (Wildman–Crippen MR) is 67.0 cm³/mol. The van der Waals surface area contributed by atoms with Gasteiger partial charge in [-0.25, -0.2) is 18.6 Å². The number of carbonyl (C=O) groups excluding carboxylic acids is 1. The van der Waals surface area contributed by atoms with E-state index in [2.05, 4.69) is 19.4 Å². The fraction of sp³-hybridized carbons (Fsp3) is 0.643. The summed E-state index contributed by atoms with van der Waals surface area (Å²) < 4.78 is 5.13. The number of ether oxygens (including phenoxy) is 1. The fourth-order valence-corrected chi connectivity index (χ4v) is 1.87. The molecule has 1 heterocycles. The van der Waals surface area contributed by atoms with Crippen molar-refractivity contribution in [2.45, 2.75) is 51.0 Å². The largest absolute Gasteiger partial charge is 2.00 e. The molecule has 1 atom stereocenters. The third kappa shape index (κ3) is 8.24. The summed E-state index contributed by atoms with van der Waals surface area (Å²) in [5, 5.41) is 8.62. The van der Waals surface area contributed by atoms with Gasteiger partial charge in [0.2, 0.25) is 0 Å². The molecule has 1 unspecified atom stereocenters. The Morgan fingerprint density at radius 3 is 2.89 bits per heavy atom. The number of allylic oxidation sites excluding steroid dienone is 1. The minimum atomic E-state index is -0.0637. The minimum absolute atomic E-state index is 0. The second kappa shape index (κ2) is 11.0. The summed E-state index contributed by atoms with van der Waals surface area (Å²) in [6.45, 7) is 4.22. The number of rotatable bonds is 9. The molecule has 3 nitrogen and oxygen atoms in total. The molecule has 0 aromatic rings. The van der Waals surface area contributed by atoms with E-state index >= 15 is 0 Å². The van der Waals surface area contributed by atoms with E-state index in [4.69, 9.17) is 9.84 Å². The van der Waals surface area contributed by atoms with Gasteiger partial charge in [0, 0.05) is 13.0 Å². The number of aliphatic hydroxyl groups excluding tert-OH is 1. The number of hydrogen-bond acceptors (Lipinski definition) is 3. The summed E-state index contributed by atoms with van der Waals surface area (Å²) in [5.41, 5.74) is 1.10. The van der Waals surface area contributed by atoms with Gasteiger partial charge in [0.25, 0.3) is 0 Å².